The van der Waals surface area contributed by atoms with E-state index >= 15 is 0 Å². The number of sulfonamides is 1. The Kier molecular flexibility index (Phi) is 8.12. The highest BCUT2D eigenvalue weighted by Gasteiger charge is 2.15. The summed E-state index contributed by atoms with van der Waals surface area (Å²) in [5, 5.41) is 8.40. The van der Waals surface area contributed by atoms with Gasteiger partial charge in [-0.25, -0.2) is 13.1 Å². The van der Waals surface area contributed by atoms with Crippen LogP contribution >= 0.6 is 11.3 Å². The van der Waals surface area contributed by atoms with Crippen molar-refractivity contribution in [3.63, 3.8) is 0 Å². The Bertz CT molecular complexity index is 923. The number of nitrogens with one attached hydrogen (secondary N) is 3. The van der Waals surface area contributed by atoms with E-state index < -0.39 is 10.0 Å². The normalized spacial score (nSPS) is 15.9. The lowest BCUT2D eigenvalue weighted by molar-refractivity contribution is 0.584. The van der Waals surface area contributed by atoms with Gasteiger partial charge in [-0.15, -0.1) is 11.3 Å². The number of anilines is 1. The van der Waals surface area contributed by atoms with Crippen LogP contribution in [0.2, 0.25) is 0 Å². The second-order valence-electron chi connectivity index (χ2n) is 7.25. The molecule has 7 nitrogen and oxygen atoms in total. The van der Waals surface area contributed by atoms with E-state index in [4.69, 9.17) is 0 Å². The van der Waals surface area contributed by atoms with Crippen molar-refractivity contribution in [1.82, 2.24) is 15.4 Å². The van der Waals surface area contributed by atoms with Crippen molar-refractivity contribution in [1.29, 1.82) is 0 Å². The lowest BCUT2D eigenvalue weighted by Crippen LogP contribution is -2.39. The number of thiophene rings is 1. The number of benzene rings is 1. The molecule has 1 saturated heterocycles. The lowest BCUT2D eigenvalue weighted by Gasteiger charge is -2.22. The minimum absolute atomic E-state index is 0.0770. The molecular weight excluding hydrogens is 418 g/mol. The van der Waals surface area contributed by atoms with Crippen LogP contribution in [0.15, 0.2) is 51.0 Å². The molecule has 1 atom stereocenters. The molecule has 0 spiro atoms. The highest BCUT2D eigenvalue weighted by atomic mass is 32.2. The second kappa shape index (κ2) is 10.8. The van der Waals surface area contributed by atoms with Crippen LogP contribution in [-0.2, 0) is 10.0 Å². The minimum atomic E-state index is -3.45. The number of hydrogen-bond donors (Lipinski definition) is 3. The zero-order valence-corrected chi connectivity index (χ0v) is 19.2. The number of nitrogens with zero attached hydrogens (tertiary/aromatic N) is 2. The SMILES string of the molecule is CCNC(=NCCNS(=O)(=O)c1cccs1)NC(C)c1cccc(N2CCCC2)c1. The molecule has 9 heteroatoms. The van der Waals surface area contributed by atoms with E-state index in [0.717, 1.165) is 19.6 Å². The van der Waals surface area contributed by atoms with Gasteiger partial charge in [-0.1, -0.05) is 18.2 Å². The molecule has 1 fully saturated rings. The molecule has 3 N–H and O–H groups in total. The fourth-order valence-corrected chi connectivity index (χ4v) is 5.47. The summed E-state index contributed by atoms with van der Waals surface area (Å²) in [6, 6.07) is 12.0. The Balaban J connectivity index is 1.57. The van der Waals surface area contributed by atoms with Crippen molar-refractivity contribution in [3.8, 4) is 0 Å². The first-order valence-corrected chi connectivity index (χ1v) is 12.8. The van der Waals surface area contributed by atoms with Gasteiger partial charge in [-0.05, 0) is 55.8 Å². The maximum atomic E-state index is 12.2. The van der Waals surface area contributed by atoms with Crippen LogP contribution < -0.4 is 20.3 Å². The number of aliphatic imine (C=N–C) groups is 1. The largest absolute Gasteiger partial charge is 0.372 e. The predicted molar refractivity (Wildman–Crippen MR) is 125 cm³/mol. The van der Waals surface area contributed by atoms with Crippen LogP contribution in [0, 0.1) is 0 Å². The van der Waals surface area contributed by atoms with Gasteiger partial charge in [0.2, 0.25) is 10.0 Å². The van der Waals surface area contributed by atoms with Crippen LogP contribution in [0.3, 0.4) is 0 Å². The zero-order chi connectivity index (χ0) is 21.4. The van der Waals surface area contributed by atoms with Gasteiger partial charge in [0.05, 0.1) is 12.6 Å². The Morgan fingerprint density at radius 3 is 2.73 bits per heavy atom. The Hall–Kier alpha value is -2.10. The topological polar surface area (TPSA) is 85.8 Å². The molecule has 2 heterocycles. The zero-order valence-electron chi connectivity index (χ0n) is 17.6. The average molecular weight is 450 g/mol. The first kappa shape index (κ1) is 22.6. The fourth-order valence-electron chi connectivity index (χ4n) is 3.41. The number of rotatable bonds is 9. The van der Waals surface area contributed by atoms with Gasteiger partial charge in [0.25, 0.3) is 0 Å². The molecule has 1 unspecified atom stereocenters. The standard InChI is InChI=1S/C21H31N5O2S2/c1-3-22-21(23-11-12-24-30(27,28)20-10-7-15-29-20)25-17(2)18-8-6-9-19(16-18)26-13-4-5-14-26/h6-10,15-17,24H,3-5,11-14H2,1-2H3,(H2,22,23,25). The number of guanidine groups is 1. The fraction of sp³-hybridized carbons (Fsp3) is 0.476. The quantitative estimate of drug-likeness (QED) is 0.311. The van der Waals surface area contributed by atoms with Crippen LogP contribution in [0.25, 0.3) is 0 Å². The van der Waals surface area contributed by atoms with Crippen molar-refractivity contribution in [2.45, 2.75) is 36.9 Å². The van der Waals surface area contributed by atoms with E-state index in [1.165, 1.54) is 35.4 Å². The van der Waals surface area contributed by atoms with Crippen molar-refractivity contribution in [2.24, 2.45) is 4.99 Å². The summed E-state index contributed by atoms with van der Waals surface area (Å²) in [6.45, 7) is 7.68. The third-order valence-corrected chi connectivity index (χ3v) is 7.83. The molecule has 0 bridgehead atoms. The highest BCUT2D eigenvalue weighted by molar-refractivity contribution is 7.91. The van der Waals surface area contributed by atoms with E-state index in [2.05, 4.69) is 56.4 Å². The summed E-state index contributed by atoms with van der Waals surface area (Å²) in [7, 11) is -3.45. The molecule has 30 heavy (non-hydrogen) atoms. The van der Waals surface area contributed by atoms with Gasteiger partial charge in [0.1, 0.15) is 4.21 Å². The molecule has 2 aromatic rings. The van der Waals surface area contributed by atoms with Gasteiger partial charge < -0.3 is 15.5 Å². The summed E-state index contributed by atoms with van der Waals surface area (Å²) in [5.41, 5.74) is 2.46. The molecule has 0 amide bonds. The van der Waals surface area contributed by atoms with Crippen LogP contribution in [0.4, 0.5) is 5.69 Å². The van der Waals surface area contributed by atoms with Crippen molar-refractivity contribution in [3.05, 3.63) is 47.3 Å². The highest BCUT2D eigenvalue weighted by Crippen LogP contribution is 2.24. The van der Waals surface area contributed by atoms with Crippen LogP contribution in [0.5, 0.6) is 0 Å². The lowest BCUT2D eigenvalue weighted by atomic mass is 10.1. The first-order chi connectivity index (χ1) is 14.5. The molecule has 0 radical (unpaired) electrons. The summed E-state index contributed by atoms with van der Waals surface area (Å²) >= 11 is 1.20. The minimum Gasteiger partial charge on any atom is -0.372 e. The average Bonchev–Trinajstić information content (AvgIpc) is 3.46. The van der Waals surface area contributed by atoms with Crippen molar-refractivity contribution >= 4 is 33.0 Å². The Morgan fingerprint density at radius 2 is 2.03 bits per heavy atom. The molecular formula is C21H31N5O2S2. The van der Waals surface area contributed by atoms with Gasteiger partial charge in [0.15, 0.2) is 5.96 Å². The van der Waals surface area contributed by atoms with Gasteiger partial charge in [0, 0.05) is 31.9 Å². The third kappa shape index (κ3) is 6.20. The van der Waals surface area contributed by atoms with E-state index in [9.17, 15) is 8.42 Å². The van der Waals surface area contributed by atoms with Crippen LogP contribution in [0.1, 0.15) is 38.3 Å². The molecule has 1 aliphatic heterocycles. The molecule has 164 valence electrons. The summed E-state index contributed by atoms with van der Waals surface area (Å²) in [5.74, 6) is 0.673. The molecule has 1 aromatic carbocycles. The van der Waals surface area contributed by atoms with E-state index in [-0.39, 0.29) is 12.6 Å². The maximum absolute atomic E-state index is 12.2. The van der Waals surface area contributed by atoms with Crippen molar-refractivity contribution in [2.75, 3.05) is 37.6 Å². The monoisotopic (exact) mass is 449 g/mol. The summed E-state index contributed by atoms with van der Waals surface area (Å²) in [6.07, 6.45) is 2.51. The smallest absolute Gasteiger partial charge is 0.250 e. The predicted octanol–water partition coefficient (Wildman–Crippen LogP) is 2.94. The van der Waals surface area contributed by atoms with E-state index in [1.807, 2.05) is 6.92 Å². The Labute approximate surface area is 183 Å². The summed E-state index contributed by atoms with van der Waals surface area (Å²) < 4.78 is 27.3. The molecule has 3 rings (SSSR count). The van der Waals surface area contributed by atoms with E-state index in [1.54, 1.807) is 17.5 Å². The molecule has 0 saturated carbocycles. The Morgan fingerprint density at radius 1 is 1.23 bits per heavy atom. The molecule has 1 aliphatic rings. The maximum Gasteiger partial charge on any atom is 0.250 e. The van der Waals surface area contributed by atoms with Crippen LogP contribution in [-0.4, -0.2) is 47.1 Å². The third-order valence-electron chi connectivity index (χ3n) is 4.97. The first-order valence-electron chi connectivity index (χ1n) is 10.4. The summed E-state index contributed by atoms with van der Waals surface area (Å²) in [4.78, 5) is 6.95. The van der Waals surface area contributed by atoms with E-state index in [0.29, 0.717) is 16.7 Å². The van der Waals surface area contributed by atoms with Gasteiger partial charge >= 0.3 is 0 Å². The second-order valence-corrected chi connectivity index (χ2v) is 10.2. The van der Waals surface area contributed by atoms with Gasteiger partial charge in [-0.2, -0.15) is 0 Å². The van der Waals surface area contributed by atoms with Crippen molar-refractivity contribution < 1.29 is 8.42 Å². The molecule has 0 aliphatic carbocycles. The number of hydrogen-bond acceptors (Lipinski definition) is 5. The van der Waals surface area contributed by atoms with Gasteiger partial charge in [-0.3, -0.25) is 4.99 Å². The molecule has 1 aromatic heterocycles.